The van der Waals surface area contributed by atoms with E-state index in [1.165, 1.54) is 18.7 Å². The van der Waals surface area contributed by atoms with Crippen LogP contribution >= 0.6 is 0 Å². The summed E-state index contributed by atoms with van der Waals surface area (Å²) in [5.74, 6) is -0.207. The number of hydrogen-bond donors (Lipinski definition) is 0. The number of hydrogen-bond acceptors (Lipinski definition) is 2. The predicted octanol–water partition coefficient (Wildman–Crippen LogP) is 1.99. The minimum Gasteiger partial charge on any atom is -0.298 e. The molecular weight excluding hydrogens is 195 g/mol. The second-order valence-electron chi connectivity index (χ2n) is 3.81. The van der Waals surface area contributed by atoms with Gasteiger partial charge in [0.05, 0.1) is 12.6 Å². The first-order chi connectivity index (χ1) is 6.31. The Morgan fingerprint density at radius 1 is 1.50 bits per heavy atom. The first-order valence-electron chi connectivity index (χ1n) is 4.64. The SMILES string of the molecule is CC(=O)C(C)N(CC(F)(F)F)C1CC1. The molecule has 1 atom stereocenters. The maximum absolute atomic E-state index is 12.2. The summed E-state index contributed by atoms with van der Waals surface area (Å²) in [5, 5.41) is 0. The van der Waals surface area contributed by atoms with E-state index in [2.05, 4.69) is 0 Å². The molecule has 1 saturated carbocycles. The Kier molecular flexibility index (Phi) is 3.19. The van der Waals surface area contributed by atoms with Crippen LogP contribution in [0.15, 0.2) is 0 Å². The number of ketones is 1. The lowest BCUT2D eigenvalue weighted by Crippen LogP contribution is -2.45. The van der Waals surface area contributed by atoms with Gasteiger partial charge in [0, 0.05) is 6.04 Å². The van der Waals surface area contributed by atoms with Crippen molar-refractivity contribution in [3.05, 3.63) is 0 Å². The standard InChI is InChI=1S/C9H14F3NO/c1-6(7(2)14)13(8-3-4-8)5-9(10,11)12/h6,8H,3-5H2,1-2H3. The van der Waals surface area contributed by atoms with Gasteiger partial charge in [0.25, 0.3) is 0 Å². The van der Waals surface area contributed by atoms with Gasteiger partial charge in [-0.2, -0.15) is 13.2 Å². The number of nitrogens with zero attached hydrogens (tertiary/aromatic N) is 1. The number of alkyl halides is 3. The van der Waals surface area contributed by atoms with E-state index in [1.54, 1.807) is 0 Å². The van der Waals surface area contributed by atoms with E-state index in [1.807, 2.05) is 0 Å². The minimum absolute atomic E-state index is 0.0458. The fraction of sp³-hybridized carbons (Fsp3) is 0.889. The van der Waals surface area contributed by atoms with Gasteiger partial charge in [0.2, 0.25) is 0 Å². The van der Waals surface area contributed by atoms with E-state index in [0.29, 0.717) is 0 Å². The van der Waals surface area contributed by atoms with Gasteiger partial charge in [-0.05, 0) is 26.7 Å². The molecule has 1 unspecified atom stereocenters. The lowest BCUT2D eigenvalue weighted by Gasteiger charge is -2.27. The van der Waals surface area contributed by atoms with Crippen molar-refractivity contribution in [3.63, 3.8) is 0 Å². The zero-order chi connectivity index (χ0) is 10.9. The van der Waals surface area contributed by atoms with E-state index in [9.17, 15) is 18.0 Å². The van der Waals surface area contributed by atoms with Crippen LogP contribution in [-0.4, -0.2) is 35.5 Å². The number of carbonyl (C=O) groups is 1. The van der Waals surface area contributed by atoms with Crippen LogP contribution in [0, 0.1) is 0 Å². The van der Waals surface area contributed by atoms with E-state index in [4.69, 9.17) is 0 Å². The van der Waals surface area contributed by atoms with Crippen LogP contribution in [0.5, 0.6) is 0 Å². The third-order valence-corrected chi connectivity index (χ3v) is 2.46. The average Bonchev–Trinajstić information content (AvgIpc) is 2.79. The highest BCUT2D eigenvalue weighted by molar-refractivity contribution is 5.81. The normalized spacial score (nSPS) is 19.9. The summed E-state index contributed by atoms with van der Waals surface area (Å²) in [4.78, 5) is 12.2. The zero-order valence-electron chi connectivity index (χ0n) is 8.27. The molecule has 0 heterocycles. The number of Topliss-reactive ketones (excluding diaryl/α,β-unsaturated/α-hetero) is 1. The molecule has 0 aromatic rings. The van der Waals surface area contributed by atoms with E-state index in [-0.39, 0.29) is 11.8 Å². The first kappa shape index (κ1) is 11.5. The van der Waals surface area contributed by atoms with Gasteiger partial charge < -0.3 is 0 Å². The van der Waals surface area contributed by atoms with Gasteiger partial charge in [-0.3, -0.25) is 9.69 Å². The molecule has 0 aromatic heterocycles. The Morgan fingerprint density at radius 2 is 2.00 bits per heavy atom. The van der Waals surface area contributed by atoms with Crippen LogP contribution in [0.1, 0.15) is 26.7 Å². The molecule has 5 heteroatoms. The van der Waals surface area contributed by atoms with Gasteiger partial charge in [0.1, 0.15) is 5.78 Å². The summed E-state index contributed by atoms with van der Waals surface area (Å²) in [6.07, 6.45) is -2.67. The fourth-order valence-corrected chi connectivity index (χ4v) is 1.43. The van der Waals surface area contributed by atoms with E-state index < -0.39 is 18.8 Å². The van der Waals surface area contributed by atoms with Crippen molar-refractivity contribution in [1.29, 1.82) is 0 Å². The zero-order valence-corrected chi connectivity index (χ0v) is 8.27. The third-order valence-electron chi connectivity index (χ3n) is 2.46. The van der Waals surface area contributed by atoms with Crippen molar-refractivity contribution >= 4 is 5.78 Å². The Morgan fingerprint density at radius 3 is 2.29 bits per heavy atom. The molecule has 0 spiro atoms. The molecule has 2 nitrogen and oxygen atoms in total. The summed E-state index contributed by atoms with van der Waals surface area (Å²) in [6, 6.07) is -0.667. The maximum atomic E-state index is 12.2. The number of carbonyl (C=O) groups excluding carboxylic acids is 1. The van der Waals surface area contributed by atoms with Crippen LogP contribution < -0.4 is 0 Å². The minimum atomic E-state index is -4.22. The summed E-state index contributed by atoms with van der Waals surface area (Å²) in [7, 11) is 0. The number of halogens is 3. The fourth-order valence-electron chi connectivity index (χ4n) is 1.43. The largest absolute Gasteiger partial charge is 0.401 e. The highest BCUT2D eigenvalue weighted by atomic mass is 19.4. The predicted molar refractivity (Wildman–Crippen MR) is 45.9 cm³/mol. The number of rotatable bonds is 4. The summed E-state index contributed by atoms with van der Waals surface area (Å²) in [6.45, 7) is 1.89. The van der Waals surface area contributed by atoms with Gasteiger partial charge >= 0.3 is 6.18 Å². The average molecular weight is 209 g/mol. The molecule has 1 aliphatic rings. The highest BCUT2D eigenvalue weighted by Crippen LogP contribution is 2.31. The highest BCUT2D eigenvalue weighted by Gasteiger charge is 2.41. The molecule has 82 valence electrons. The van der Waals surface area contributed by atoms with Crippen molar-refractivity contribution < 1.29 is 18.0 Å². The molecule has 0 aromatic carbocycles. The summed E-state index contributed by atoms with van der Waals surface area (Å²) < 4.78 is 36.5. The first-order valence-corrected chi connectivity index (χ1v) is 4.64. The molecule has 14 heavy (non-hydrogen) atoms. The Labute approximate surface area is 81.1 Å². The van der Waals surface area contributed by atoms with Crippen LogP contribution in [0.3, 0.4) is 0 Å². The molecule has 0 radical (unpaired) electrons. The molecule has 1 rings (SSSR count). The lowest BCUT2D eigenvalue weighted by atomic mass is 10.2. The van der Waals surface area contributed by atoms with Gasteiger partial charge in [0.15, 0.2) is 0 Å². The lowest BCUT2D eigenvalue weighted by molar-refractivity contribution is -0.154. The smallest absolute Gasteiger partial charge is 0.298 e. The Bertz CT molecular complexity index is 223. The molecule has 1 aliphatic carbocycles. The van der Waals surface area contributed by atoms with Crippen LogP contribution in [0.2, 0.25) is 0 Å². The van der Waals surface area contributed by atoms with Crippen molar-refractivity contribution in [2.45, 2.75) is 44.9 Å². The van der Waals surface area contributed by atoms with Crippen LogP contribution in [0.4, 0.5) is 13.2 Å². The summed E-state index contributed by atoms with van der Waals surface area (Å²) in [5.41, 5.74) is 0. The second kappa shape index (κ2) is 3.88. The molecule has 0 amide bonds. The quantitative estimate of drug-likeness (QED) is 0.705. The van der Waals surface area contributed by atoms with E-state index >= 15 is 0 Å². The molecular formula is C9H14F3NO. The molecule has 0 N–H and O–H groups in total. The second-order valence-corrected chi connectivity index (χ2v) is 3.81. The topological polar surface area (TPSA) is 20.3 Å². The van der Waals surface area contributed by atoms with Gasteiger partial charge in [-0.25, -0.2) is 0 Å². The van der Waals surface area contributed by atoms with Crippen LogP contribution in [-0.2, 0) is 4.79 Å². The summed E-state index contributed by atoms with van der Waals surface area (Å²) >= 11 is 0. The van der Waals surface area contributed by atoms with E-state index in [0.717, 1.165) is 12.8 Å². The third kappa shape index (κ3) is 3.29. The van der Waals surface area contributed by atoms with Gasteiger partial charge in [-0.1, -0.05) is 0 Å². The van der Waals surface area contributed by atoms with Crippen molar-refractivity contribution in [3.8, 4) is 0 Å². The van der Waals surface area contributed by atoms with Crippen molar-refractivity contribution in [2.75, 3.05) is 6.54 Å². The monoisotopic (exact) mass is 209 g/mol. The molecule has 1 fully saturated rings. The molecule has 0 saturated heterocycles. The molecule has 0 bridgehead atoms. The van der Waals surface area contributed by atoms with Crippen LogP contribution in [0.25, 0.3) is 0 Å². The molecule has 0 aliphatic heterocycles. The maximum Gasteiger partial charge on any atom is 0.401 e. The van der Waals surface area contributed by atoms with Crippen molar-refractivity contribution in [2.24, 2.45) is 0 Å². The van der Waals surface area contributed by atoms with Gasteiger partial charge in [-0.15, -0.1) is 0 Å². The Balaban J connectivity index is 2.59. The Hall–Kier alpha value is -0.580. The van der Waals surface area contributed by atoms with Crippen molar-refractivity contribution in [1.82, 2.24) is 4.90 Å².